The molecule has 2 rings (SSSR count). The summed E-state index contributed by atoms with van der Waals surface area (Å²) in [6.45, 7) is 0.599. The lowest BCUT2D eigenvalue weighted by Gasteiger charge is -2.25. The number of benzene rings is 1. The minimum atomic E-state index is -0.233. The number of nitrogens with zero attached hydrogens (tertiary/aromatic N) is 2. The highest BCUT2D eigenvalue weighted by molar-refractivity contribution is 5.99. The van der Waals surface area contributed by atoms with Crippen molar-refractivity contribution < 1.29 is 9.59 Å². The Labute approximate surface area is 98.6 Å². The molecule has 5 nitrogen and oxygen atoms in total. The molecule has 17 heavy (non-hydrogen) atoms. The quantitative estimate of drug-likeness (QED) is 0.725. The van der Waals surface area contributed by atoms with Crippen molar-refractivity contribution in [2.24, 2.45) is 0 Å². The van der Waals surface area contributed by atoms with Crippen molar-refractivity contribution in [1.82, 2.24) is 10.2 Å². The van der Waals surface area contributed by atoms with Crippen LogP contribution in [0.4, 0.5) is 0 Å². The van der Waals surface area contributed by atoms with E-state index in [1.54, 1.807) is 24.3 Å². The van der Waals surface area contributed by atoms with E-state index in [1.807, 2.05) is 6.07 Å². The van der Waals surface area contributed by atoms with E-state index in [0.717, 1.165) is 5.56 Å². The molecule has 1 aliphatic heterocycles. The smallest absolute Gasteiger partial charge is 0.243 e. The number of amides is 2. The van der Waals surface area contributed by atoms with Gasteiger partial charge in [-0.3, -0.25) is 19.8 Å². The van der Waals surface area contributed by atoms with Crippen molar-refractivity contribution in [2.45, 2.75) is 6.54 Å². The predicted molar refractivity (Wildman–Crippen MR) is 59.6 cm³/mol. The zero-order valence-electron chi connectivity index (χ0n) is 9.14. The van der Waals surface area contributed by atoms with E-state index in [2.05, 4.69) is 5.32 Å². The minimum absolute atomic E-state index is 0.184. The highest BCUT2D eigenvalue weighted by Gasteiger charge is 2.25. The van der Waals surface area contributed by atoms with Gasteiger partial charge in [0.2, 0.25) is 11.8 Å². The first-order chi connectivity index (χ1) is 8.20. The second-order valence-electron chi connectivity index (χ2n) is 3.79. The van der Waals surface area contributed by atoms with Crippen molar-refractivity contribution in [2.75, 3.05) is 13.1 Å². The van der Waals surface area contributed by atoms with Gasteiger partial charge in [0, 0.05) is 0 Å². The fourth-order valence-electron chi connectivity index (χ4n) is 1.70. The molecule has 1 aromatic rings. The lowest BCUT2D eigenvalue weighted by molar-refractivity contribution is -0.147. The predicted octanol–water partition coefficient (Wildman–Crippen LogP) is 0.0167. The SMILES string of the molecule is N#Cc1cccc(CN2C(=O)CNCC2=O)c1. The van der Waals surface area contributed by atoms with E-state index in [4.69, 9.17) is 5.26 Å². The Morgan fingerprint density at radius 2 is 2.00 bits per heavy atom. The van der Waals surface area contributed by atoms with Gasteiger partial charge in [-0.25, -0.2) is 0 Å². The summed E-state index contributed by atoms with van der Waals surface area (Å²) in [5.41, 5.74) is 1.31. The molecule has 2 amide bonds. The zero-order chi connectivity index (χ0) is 12.3. The molecule has 0 spiro atoms. The Kier molecular flexibility index (Phi) is 3.17. The number of carbonyl (C=O) groups is 2. The van der Waals surface area contributed by atoms with Gasteiger partial charge >= 0.3 is 0 Å². The molecule has 1 heterocycles. The largest absolute Gasteiger partial charge is 0.300 e. The second-order valence-corrected chi connectivity index (χ2v) is 3.79. The summed E-state index contributed by atoms with van der Waals surface area (Å²) in [7, 11) is 0. The average molecular weight is 229 g/mol. The van der Waals surface area contributed by atoms with Crippen LogP contribution in [0.1, 0.15) is 11.1 Å². The molecule has 0 radical (unpaired) electrons. The Hall–Kier alpha value is -2.19. The summed E-state index contributed by atoms with van der Waals surface area (Å²) in [4.78, 5) is 24.3. The summed E-state index contributed by atoms with van der Waals surface area (Å²) in [5, 5.41) is 11.5. The number of carbonyl (C=O) groups excluding carboxylic acids is 2. The van der Waals surface area contributed by atoms with Gasteiger partial charge in [-0.15, -0.1) is 0 Å². The normalized spacial score (nSPS) is 15.8. The molecular weight excluding hydrogens is 218 g/mol. The van der Waals surface area contributed by atoms with Gasteiger partial charge < -0.3 is 0 Å². The monoisotopic (exact) mass is 229 g/mol. The first kappa shape index (κ1) is 11.3. The molecule has 1 fully saturated rings. The highest BCUT2D eigenvalue weighted by atomic mass is 16.2. The van der Waals surface area contributed by atoms with Crippen LogP contribution >= 0.6 is 0 Å². The molecular formula is C12H11N3O2. The molecule has 0 saturated carbocycles. The van der Waals surface area contributed by atoms with E-state index in [9.17, 15) is 9.59 Å². The van der Waals surface area contributed by atoms with Crippen molar-refractivity contribution in [3.63, 3.8) is 0 Å². The van der Waals surface area contributed by atoms with Crippen LogP contribution in [0.3, 0.4) is 0 Å². The summed E-state index contributed by atoms with van der Waals surface area (Å²) in [5.74, 6) is -0.466. The summed E-state index contributed by atoms with van der Waals surface area (Å²) in [6, 6.07) is 8.93. The molecule has 0 aliphatic carbocycles. The maximum atomic E-state index is 11.5. The van der Waals surface area contributed by atoms with E-state index in [0.29, 0.717) is 5.56 Å². The fraction of sp³-hybridized carbons (Fsp3) is 0.250. The van der Waals surface area contributed by atoms with Gasteiger partial charge in [0.15, 0.2) is 0 Å². The Bertz CT molecular complexity index is 489. The minimum Gasteiger partial charge on any atom is -0.300 e. The van der Waals surface area contributed by atoms with Gasteiger partial charge in [0.25, 0.3) is 0 Å². The van der Waals surface area contributed by atoms with Crippen molar-refractivity contribution >= 4 is 11.8 Å². The van der Waals surface area contributed by atoms with Crippen LogP contribution in [0.2, 0.25) is 0 Å². The van der Waals surface area contributed by atoms with Crippen molar-refractivity contribution in [3.8, 4) is 6.07 Å². The standard InChI is InChI=1S/C12H11N3O2/c13-5-9-2-1-3-10(4-9)8-15-11(16)6-14-7-12(15)17/h1-4,14H,6-8H2. The zero-order valence-corrected chi connectivity index (χ0v) is 9.14. The van der Waals surface area contributed by atoms with Crippen LogP contribution in [-0.2, 0) is 16.1 Å². The molecule has 0 bridgehead atoms. The average Bonchev–Trinajstić information content (AvgIpc) is 2.34. The number of rotatable bonds is 2. The molecule has 0 atom stereocenters. The molecule has 1 N–H and O–H groups in total. The first-order valence-electron chi connectivity index (χ1n) is 5.23. The Balaban J connectivity index is 2.16. The van der Waals surface area contributed by atoms with Crippen LogP contribution in [0.25, 0.3) is 0 Å². The van der Waals surface area contributed by atoms with E-state index >= 15 is 0 Å². The number of nitrogens with one attached hydrogen (secondary N) is 1. The van der Waals surface area contributed by atoms with Gasteiger partial charge in [-0.05, 0) is 17.7 Å². The third-order valence-corrected chi connectivity index (χ3v) is 2.55. The topological polar surface area (TPSA) is 73.2 Å². The number of nitriles is 1. The van der Waals surface area contributed by atoms with Crippen molar-refractivity contribution in [1.29, 1.82) is 5.26 Å². The van der Waals surface area contributed by atoms with E-state index in [-0.39, 0.29) is 31.4 Å². The van der Waals surface area contributed by atoms with Crippen LogP contribution < -0.4 is 5.32 Å². The molecule has 1 saturated heterocycles. The van der Waals surface area contributed by atoms with Crippen LogP contribution in [0.5, 0.6) is 0 Å². The maximum Gasteiger partial charge on any atom is 0.243 e. The van der Waals surface area contributed by atoms with Crippen LogP contribution in [0, 0.1) is 11.3 Å². The summed E-state index contributed by atoms with van der Waals surface area (Å²) in [6.07, 6.45) is 0. The van der Waals surface area contributed by atoms with Gasteiger partial charge in [0.05, 0.1) is 31.3 Å². The third-order valence-electron chi connectivity index (χ3n) is 2.55. The Morgan fingerprint density at radius 1 is 1.29 bits per heavy atom. The van der Waals surface area contributed by atoms with E-state index < -0.39 is 0 Å². The Morgan fingerprint density at radius 3 is 2.65 bits per heavy atom. The number of imide groups is 1. The highest BCUT2D eigenvalue weighted by Crippen LogP contribution is 2.09. The maximum absolute atomic E-state index is 11.5. The number of piperazine rings is 1. The molecule has 86 valence electrons. The molecule has 0 aromatic heterocycles. The number of hydrogen-bond acceptors (Lipinski definition) is 4. The lowest BCUT2D eigenvalue weighted by Crippen LogP contribution is -2.51. The molecule has 1 aromatic carbocycles. The molecule has 1 aliphatic rings. The first-order valence-corrected chi connectivity index (χ1v) is 5.23. The lowest BCUT2D eigenvalue weighted by atomic mass is 10.1. The molecule has 5 heteroatoms. The van der Waals surface area contributed by atoms with E-state index in [1.165, 1.54) is 4.90 Å². The van der Waals surface area contributed by atoms with Gasteiger partial charge in [-0.2, -0.15) is 5.26 Å². The van der Waals surface area contributed by atoms with Gasteiger partial charge in [-0.1, -0.05) is 12.1 Å². The van der Waals surface area contributed by atoms with Gasteiger partial charge in [0.1, 0.15) is 0 Å². The van der Waals surface area contributed by atoms with Crippen LogP contribution in [-0.4, -0.2) is 29.8 Å². The fourth-order valence-corrected chi connectivity index (χ4v) is 1.70. The summed E-state index contributed by atoms with van der Waals surface area (Å²) >= 11 is 0. The summed E-state index contributed by atoms with van der Waals surface area (Å²) < 4.78 is 0. The molecule has 0 unspecified atom stereocenters. The second kappa shape index (κ2) is 4.76. The third kappa shape index (κ3) is 2.49. The van der Waals surface area contributed by atoms with Crippen LogP contribution in [0.15, 0.2) is 24.3 Å². The number of hydrogen-bond donors (Lipinski definition) is 1. The van der Waals surface area contributed by atoms with Crippen molar-refractivity contribution in [3.05, 3.63) is 35.4 Å².